The summed E-state index contributed by atoms with van der Waals surface area (Å²) < 4.78 is 3.20. The van der Waals surface area contributed by atoms with Gasteiger partial charge in [0, 0.05) is 16.6 Å². The summed E-state index contributed by atoms with van der Waals surface area (Å²) >= 11 is 6.13. The van der Waals surface area contributed by atoms with Crippen LogP contribution in [0.4, 0.5) is 5.69 Å². The number of fused-ring (bicyclic) bond motifs is 3. The molecule has 0 spiro atoms. The summed E-state index contributed by atoms with van der Waals surface area (Å²) in [5.41, 5.74) is 2.66. The van der Waals surface area contributed by atoms with Crippen molar-refractivity contribution in [2.45, 2.75) is 33.2 Å². The zero-order valence-corrected chi connectivity index (χ0v) is 17.1. The Morgan fingerprint density at radius 2 is 1.83 bits per heavy atom. The monoisotopic (exact) mass is 409 g/mol. The largest absolute Gasteiger partial charge is 0.324 e. The second kappa shape index (κ2) is 7.33. The number of halogens is 1. The Bertz CT molecular complexity index is 1310. The third-order valence-electron chi connectivity index (χ3n) is 4.90. The molecule has 4 rings (SSSR count). The van der Waals surface area contributed by atoms with Gasteiger partial charge in [0.05, 0.1) is 11.0 Å². The predicted octanol–water partition coefficient (Wildman–Crippen LogP) is 3.77. The molecule has 0 aliphatic rings. The molecule has 0 aliphatic heterocycles. The molecule has 2 aromatic heterocycles. The van der Waals surface area contributed by atoms with Crippen LogP contribution in [-0.2, 0) is 11.3 Å². The molecular formula is C21H20ClN5O2. The van der Waals surface area contributed by atoms with Crippen LogP contribution < -0.4 is 10.9 Å². The second-order valence-corrected chi connectivity index (χ2v) is 7.62. The summed E-state index contributed by atoms with van der Waals surface area (Å²) in [5.74, 6) is 0.479. The molecule has 7 nitrogen and oxygen atoms in total. The smallest absolute Gasteiger partial charge is 0.297 e. The Balaban J connectivity index is 1.81. The van der Waals surface area contributed by atoms with E-state index in [2.05, 4.69) is 15.5 Å². The van der Waals surface area contributed by atoms with Gasteiger partial charge in [-0.3, -0.25) is 18.6 Å². The number of benzene rings is 2. The second-order valence-electron chi connectivity index (χ2n) is 7.21. The fraction of sp³-hybridized carbons (Fsp3) is 0.238. The molecule has 0 atom stereocenters. The van der Waals surface area contributed by atoms with E-state index in [1.165, 1.54) is 4.57 Å². The number of carbonyl (C=O) groups excluding carboxylic acids is 1. The molecule has 0 bridgehead atoms. The van der Waals surface area contributed by atoms with Gasteiger partial charge in [-0.05, 0) is 36.8 Å². The Labute approximate surface area is 171 Å². The maximum Gasteiger partial charge on any atom is 0.297 e. The normalized spacial score (nSPS) is 11.5. The fourth-order valence-electron chi connectivity index (χ4n) is 3.39. The number of nitrogens with zero attached hydrogens (tertiary/aromatic N) is 4. The van der Waals surface area contributed by atoms with Gasteiger partial charge in [-0.25, -0.2) is 0 Å². The number of amides is 1. The van der Waals surface area contributed by atoms with Crippen molar-refractivity contribution < 1.29 is 4.79 Å². The van der Waals surface area contributed by atoms with Crippen LogP contribution in [0.5, 0.6) is 0 Å². The van der Waals surface area contributed by atoms with E-state index in [0.29, 0.717) is 22.1 Å². The van der Waals surface area contributed by atoms with Crippen molar-refractivity contribution >= 4 is 39.9 Å². The molecule has 0 unspecified atom stereocenters. The number of para-hydroxylation sites is 2. The molecule has 148 valence electrons. The lowest BCUT2D eigenvalue weighted by atomic mass is 10.2. The minimum atomic E-state index is -0.360. The van der Waals surface area contributed by atoms with Gasteiger partial charge in [-0.1, -0.05) is 43.6 Å². The summed E-state index contributed by atoms with van der Waals surface area (Å²) in [5, 5.41) is 11.7. The summed E-state index contributed by atoms with van der Waals surface area (Å²) in [4.78, 5) is 25.9. The average molecular weight is 410 g/mol. The number of aromatic nitrogens is 4. The summed E-state index contributed by atoms with van der Waals surface area (Å²) in [6.45, 7) is 5.68. The standard InChI is InChI=1S/C21H20ClN5O2/c1-12(2)19-24-25-20-21(29)26(16-9-4-5-10-17(16)27(19)20)11-18(28)23-15-8-6-7-14(22)13(15)3/h4-10,12H,11H2,1-3H3,(H,23,28). The van der Waals surface area contributed by atoms with Gasteiger partial charge in [0.2, 0.25) is 11.6 Å². The number of nitrogens with one attached hydrogen (secondary N) is 1. The third-order valence-corrected chi connectivity index (χ3v) is 5.31. The van der Waals surface area contributed by atoms with E-state index in [4.69, 9.17) is 11.6 Å². The van der Waals surface area contributed by atoms with Crippen LogP contribution in [0.1, 0.15) is 31.2 Å². The maximum atomic E-state index is 13.1. The first-order chi connectivity index (χ1) is 13.9. The third kappa shape index (κ3) is 3.27. The van der Waals surface area contributed by atoms with Crippen LogP contribution in [0.15, 0.2) is 47.3 Å². The minimum absolute atomic E-state index is 0.0951. The highest BCUT2D eigenvalue weighted by Crippen LogP contribution is 2.23. The lowest BCUT2D eigenvalue weighted by molar-refractivity contribution is -0.116. The van der Waals surface area contributed by atoms with Crippen molar-refractivity contribution in [3.05, 3.63) is 69.2 Å². The molecule has 29 heavy (non-hydrogen) atoms. The van der Waals surface area contributed by atoms with Crippen LogP contribution >= 0.6 is 11.6 Å². The van der Waals surface area contributed by atoms with Gasteiger partial charge in [-0.2, -0.15) is 0 Å². The number of hydrogen-bond donors (Lipinski definition) is 1. The molecular weight excluding hydrogens is 390 g/mol. The van der Waals surface area contributed by atoms with Crippen LogP contribution in [0.2, 0.25) is 5.02 Å². The Hall–Kier alpha value is -3.19. The Morgan fingerprint density at radius 3 is 2.55 bits per heavy atom. The van der Waals surface area contributed by atoms with Gasteiger partial charge in [0.25, 0.3) is 5.56 Å². The summed E-state index contributed by atoms with van der Waals surface area (Å²) in [6, 6.07) is 12.7. The Morgan fingerprint density at radius 1 is 1.10 bits per heavy atom. The quantitative estimate of drug-likeness (QED) is 0.556. The van der Waals surface area contributed by atoms with Crippen LogP contribution in [0.25, 0.3) is 16.7 Å². The first-order valence-corrected chi connectivity index (χ1v) is 9.67. The van der Waals surface area contributed by atoms with Crippen molar-refractivity contribution in [3.8, 4) is 0 Å². The van der Waals surface area contributed by atoms with Crippen molar-refractivity contribution in [1.82, 2.24) is 19.2 Å². The first-order valence-electron chi connectivity index (χ1n) is 9.30. The Kier molecular flexibility index (Phi) is 4.84. The van der Waals surface area contributed by atoms with E-state index in [1.807, 2.05) is 45.0 Å². The topological polar surface area (TPSA) is 81.3 Å². The highest BCUT2D eigenvalue weighted by atomic mass is 35.5. The van der Waals surface area contributed by atoms with Crippen molar-refractivity contribution in [2.75, 3.05) is 5.32 Å². The minimum Gasteiger partial charge on any atom is -0.324 e. The van der Waals surface area contributed by atoms with Crippen LogP contribution in [-0.4, -0.2) is 25.1 Å². The van der Waals surface area contributed by atoms with Gasteiger partial charge in [-0.15, -0.1) is 10.2 Å². The van der Waals surface area contributed by atoms with Gasteiger partial charge in [0.15, 0.2) is 0 Å². The van der Waals surface area contributed by atoms with Crippen LogP contribution in [0, 0.1) is 6.92 Å². The first kappa shape index (κ1) is 19.1. The molecule has 4 aromatic rings. The molecule has 0 radical (unpaired) electrons. The molecule has 0 fully saturated rings. The van der Waals surface area contributed by atoms with Gasteiger partial charge < -0.3 is 5.32 Å². The molecule has 1 amide bonds. The molecule has 0 saturated heterocycles. The number of anilines is 1. The molecule has 1 N–H and O–H groups in total. The van der Waals surface area contributed by atoms with E-state index >= 15 is 0 Å². The molecule has 2 heterocycles. The van der Waals surface area contributed by atoms with Crippen molar-refractivity contribution in [3.63, 3.8) is 0 Å². The molecule has 0 aliphatic carbocycles. The van der Waals surface area contributed by atoms with E-state index in [0.717, 1.165) is 11.1 Å². The van der Waals surface area contributed by atoms with E-state index in [1.54, 1.807) is 22.6 Å². The summed E-state index contributed by atoms with van der Waals surface area (Å²) in [7, 11) is 0. The fourth-order valence-corrected chi connectivity index (χ4v) is 3.57. The van der Waals surface area contributed by atoms with E-state index in [-0.39, 0.29) is 29.6 Å². The highest BCUT2D eigenvalue weighted by molar-refractivity contribution is 6.31. The highest BCUT2D eigenvalue weighted by Gasteiger charge is 2.19. The van der Waals surface area contributed by atoms with E-state index < -0.39 is 0 Å². The zero-order chi connectivity index (χ0) is 20.7. The number of rotatable bonds is 4. The lowest BCUT2D eigenvalue weighted by Gasteiger charge is -2.14. The van der Waals surface area contributed by atoms with Crippen molar-refractivity contribution in [2.24, 2.45) is 0 Å². The van der Waals surface area contributed by atoms with Crippen molar-refractivity contribution in [1.29, 1.82) is 0 Å². The number of hydrogen-bond acceptors (Lipinski definition) is 4. The maximum absolute atomic E-state index is 13.1. The molecule has 0 saturated carbocycles. The summed E-state index contributed by atoms with van der Waals surface area (Å²) in [6.07, 6.45) is 0. The lowest BCUT2D eigenvalue weighted by Crippen LogP contribution is -2.29. The zero-order valence-electron chi connectivity index (χ0n) is 16.3. The average Bonchev–Trinajstić information content (AvgIpc) is 3.14. The SMILES string of the molecule is Cc1c(Cl)cccc1NC(=O)Cn1c(=O)c2nnc(C(C)C)n2c2ccccc21. The van der Waals surface area contributed by atoms with Crippen LogP contribution in [0.3, 0.4) is 0 Å². The van der Waals surface area contributed by atoms with E-state index in [9.17, 15) is 9.59 Å². The number of carbonyl (C=O) groups is 1. The molecule has 2 aromatic carbocycles. The predicted molar refractivity (Wildman–Crippen MR) is 114 cm³/mol. The van der Waals surface area contributed by atoms with Gasteiger partial charge in [0.1, 0.15) is 12.4 Å². The molecule has 8 heteroatoms. The van der Waals surface area contributed by atoms with Gasteiger partial charge >= 0.3 is 0 Å².